The molecule has 4 rings (SSSR count). The van der Waals surface area contributed by atoms with Gasteiger partial charge >= 0.3 is 0 Å². The van der Waals surface area contributed by atoms with Crippen LogP contribution in [0.25, 0.3) is 0 Å². The van der Waals surface area contributed by atoms with Gasteiger partial charge < -0.3 is 25.1 Å². The van der Waals surface area contributed by atoms with Gasteiger partial charge in [-0.1, -0.05) is 32.4 Å². The topological polar surface area (TPSA) is 115 Å². The molecule has 37 heavy (non-hydrogen) atoms. The third-order valence-corrected chi connectivity index (χ3v) is 7.24. The Labute approximate surface area is 220 Å². The molecule has 0 fully saturated rings. The maximum absolute atomic E-state index is 12.7. The summed E-state index contributed by atoms with van der Waals surface area (Å²) in [6.07, 6.45) is 0. The lowest BCUT2D eigenvalue weighted by molar-refractivity contribution is -0.140. The van der Waals surface area contributed by atoms with Crippen LogP contribution in [0.3, 0.4) is 0 Å². The van der Waals surface area contributed by atoms with E-state index in [-0.39, 0.29) is 41.8 Å². The van der Waals surface area contributed by atoms with E-state index in [1.807, 2.05) is 39.8 Å². The minimum Gasteiger partial charge on any atom is -0.464 e. The molecular formula is C27H33ClN4O5. The minimum absolute atomic E-state index is 0.0206. The van der Waals surface area contributed by atoms with E-state index in [4.69, 9.17) is 16.0 Å². The number of nitrogens with one attached hydrogen (secondary N) is 2. The zero-order valence-corrected chi connectivity index (χ0v) is 22.9. The Morgan fingerprint density at radius 1 is 1.19 bits per heavy atom. The molecule has 2 heterocycles. The molecule has 0 saturated carbocycles. The van der Waals surface area contributed by atoms with Gasteiger partial charge in [0.25, 0.3) is 10.9 Å². The normalized spacial score (nSPS) is 18.6. The zero-order valence-electron chi connectivity index (χ0n) is 22.2. The highest BCUT2D eigenvalue weighted by molar-refractivity contribution is 6.31. The average molecular weight is 529 g/mol. The molecule has 9 nitrogen and oxygen atoms in total. The number of rotatable bonds is 7. The van der Waals surface area contributed by atoms with Crippen molar-refractivity contribution in [1.82, 2.24) is 9.80 Å². The number of benzene rings is 1. The van der Waals surface area contributed by atoms with Crippen LogP contribution in [0.5, 0.6) is 0 Å². The molecule has 2 atom stereocenters. The second-order valence-corrected chi connectivity index (χ2v) is 11.4. The maximum atomic E-state index is 12.7. The number of furan rings is 1. The van der Waals surface area contributed by atoms with Crippen LogP contribution in [0.4, 0.5) is 17.1 Å². The molecule has 0 radical (unpaired) electrons. The number of amides is 1. The van der Waals surface area contributed by atoms with Gasteiger partial charge in [0.2, 0.25) is 5.91 Å². The monoisotopic (exact) mass is 528 g/mol. The number of carbonyl (C=O) groups is 1. The van der Waals surface area contributed by atoms with E-state index in [1.54, 1.807) is 38.1 Å². The van der Waals surface area contributed by atoms with Gasteiger partial charge in [-0.25, -0.2) is 0 Å². The van der Waals surface area contributed by atoms with E-state index in [0.717, 1.165) is 5.76 Å². The van der Waals surface area contributed by atoms with Gasteiger partial charge in [0.1, 0.15) is 28.6 Å². The molecule has 1 aliphatic rings. The van der Waals surface area contributed by atoms with Crippen LogP contribution in [-0.4, -0.2) is 41.5 Å². The van der Waals surface area contributed by atoms with Crippen LogP contribution in [0, 0.1) is 12.3 Å². The van der Waals surface area contributed by atoms with Gasteiger partial charge in [0, 0.05) is 36.9 Å². The minimum atomic E-state index is -1.54. The molecule has 1 unspecified atom stereocenters. The smallest absolute Gasteiger partial charge is 0.253 e. The van der Waals surface area contributed by atoms with Gasteiger partial charge in [-0.05, 0) is 49.1 Å². The number of anilines is 3. The lowest BCUT2D eigenvalue weighted by atomic mass is 9.84. The fraction of sp³-hybridized carbons (Fsp3) is 0.444. The summed E-state index contributed by atoms with van der Waals surface area (Å²) in [5, 5.41) is 18.2. The van der Waals surface area contributed by atoms with Crippen LogP contribution in [-0.2, 0) is 17.1 Å². The SMILES string of the molecule is Cc1ccc([C@H](Nc2c(Nc3ccc(Cl)c4c3C(C)(O)N(CC(=O)N(C)C)C4)c(=O)c2=O)C(C)(C)C)o1. The summed E-state index contributed by atoms with van der Waals surface area (Å²) < 4.78 is 5.83. The molecular weight excluding hydrogens is 496 g/mol. The summed E-state index contributed by atoms with van der Waals surface area (Å²) in [6.45, 7) is 9.68. The summed E-state index contributed by atoms with van der Waals surface area (Å²) in [7, 11) is 3.30. The molecule has 3 aromatic rings. The molecule has 1 aromatic heterocycles. The molecule has 0 spiro atoms. The van der Waals surface area contributed by atoms with Crippen molar-refractivity contribution in [3.05, 3.63) is 72.4 Å². The predicted octanol–water partition coefficient (Wildman–Crippen LogP) is 3.85. The van der Waals surface area contributed by atoms with Gasteiger partial charge in [0.15, 0.2) is 0 Å². The first-order chi connectivity index (χ1) is 17.1. The van der Waals surface area contributed by atoms with E-state index >= 15 is 0 Å². The van der Waals surface area contributed by atoms with Crippen LogP contribution in [0.15, 0.2) is 38.3 Å². The summed E-state index contributed by atoms with van der Waals surface area (Å²) in [5.41, 5.74) is -1.38. The predicted molar refractivity (Wildman–Crippen MR) is 144 cm³/mol. The van der Waals surface area contributed by atoms with E-state index < -0.39 is 16.6 Å². The first-order valence-corrected chi connectivity index (χ1v) is 12.4. The molecule has 0 aliphatic carbocycles. The number of fused-ring (bicyclic) bond motifs is 1. The number of hydrogen-bond donors (Lipinski definition) is 3. The summed E-state index contributed by atoms with van der Waals surface area (Å²) in [5.74, 6) is 1.22. The molecule has 1 aliphatic heterocycles. The number of hydrogen-bond acceptors (Lipinski definition) is 8. The number of likely N-dealkylation sites (N-methyl/N-ethyl adjacent to an activating group) is 1. The number of aliphatic hydroxyl groups is 1. The van der Waals surface area contributed by atoms with Gasteiger partial charge in [0.05, 0.1) is 12.6 Å². The van der Waals surface area contributed by atoms with Crippen LogP contribution >= 0.6 is 11.6 Å². The van der Waals surface area contributed by atoms with Crippen LogP contribution in [0.1, 0.15) is 56.4 Å². The van der Waals surface area contributed by atoms with Gasteiger partial charge in [-0.3, -0.25) is 19.3 Å². The standard InChI is InChI=1S/C27H33ClN4O5/c1-14-8-11-18(37-14)25(26(2,3)4)30-22-21(23(34)24(22)35)29-17-10-9-16(28)15-12-32(13-19(33)31(6)7)27(5,36)20(15)17/h8-11,25,29-30,36H,12-13H2,1-7H3/t25-,27?/m0/s1. The van der Waals surface area contributed by atoms with Crippen molar-refractivity contribution in [2.24, 2.45) is 5.41 Å². The quantitative estimate of drug-likeness (QED) is 0.396. The van der Waals surface area contributed by atoms with Crippen LogP contribution < -0.4 is 21.5 Å². The molecule has 0 saturated heterocycles. The third kappa shape index (κ3) is 4.79. The number of nitrogens with zero attached hydrogens (tertiary/aromatic N) is 2. The van der Waals surface area contributed by atoms with Gasteiger partial charge in [-0.2, -0.15) is 0 Å². The highest BCUT2D eigenvalue weighted by Crippen LogP contribution is 2.45. The molecule has 10 heteroatoms. The largest absolute Gasteiger partial charge is 0.464 e. The first-order valence-electron chi connectivity index (χ1n) is 12.1. The summed E-state index contributed by atoms with van der Waals surface area (Å²) >= 11 is 6.47. The molecule has 0 bridgehead atoms. The Balaban J connectivity index is 1.70. The lowest BCUT2D eigenvalue weighted by Crippen LogP contribution is -2.44. The Bertz CT molecular complexity index is 1430. The molecule has 3 N–H and O–H groups in total. The van der Waals surface area contributed by atoms with E-state index in [2.05, 4.69) is 10.6 Å². The van der Waals surface area contributed by atoms with Crippen molar-refractivity contribution in [1.29, 1.82) is 0 Å². The zero-order chi connectivity index (χ0) is 27.4. The average Bonchev–Trinajstić information content (AvgIpc) is 3.34. The number of aryl methyl sites for hydroxylation is 1. The summed E-state index contributed by atoms with van der Waals surface area (Å²) in [6, 6.07) is 6.65. The van der Waals surface area contributed by atoms with Crippen molar-refractivity contribution < 1.29 is 14.3 Å². The third-order valence-electron chi connectivity index (χ3n) is 6.89. The number of halogens is 1. The molecule has 2 aromatic carbocycles. The molecule has 1 amide bonds. The first kappa shape index (κ1) is 26.9. The Kier molecular flexibility index (Phi) is 6.77. The second-order valence-electron chi connectivity index (χ2n) is 11.0. The van der Waals surface area contributed by atoms with Crippen molar-refractivity contribution in [3.8, 4) is 0 Å². The second kappa shape index (κ2) is 9.31. The highest BCUT2D eigenvalue weighted by Gasteiger charge is 2.44. The lowest BCUT2D eigenvalue weighted by Gasteiger charge is -2.33. The maximum Gasteiger partial charge on any atom is 0.253 e. The van der Waals surface area contributed by atoms with Gasteiger partial charge in [-0.15, -0.1) is 0 Å². The van der Waals surface area contributed by atoms with Crippen molar-refractivity contribution in [2.75, 3.05) is 31.3 Å². The Morgan fingerprint density at radius 3 is 2.41 bits per heavy atom. The Hall–Kier alpha value is -3.14. The summed E-state index contributed by atoms with van der Waals surface area (Å²) in [4.78, 5) is 40.8. The van der Waals surface area contributed by atoms with Crippen molar-refractivity contribution >= 4 is 34.6 Å². The van der Waals surface area contributed by atoms with E-state index in [0.29, 0.717) is 27.6 Å². The molecule has 198 valence electrons. The Morgan fingerprint density at radius 2 is 1.84 bits per heavy atom. The van der Waals surface area contributed by atoms with Crippen molar-refractivity contribution in [3.63, 3.8) is 0 Å². The van der Waals surface area contributed by atoms with E-state index in [9.17, 15) is 19.5 Å². The van der Waals surface area contributed by atoms with Crippen LogP contribution in [0.2, 0.25) is 5.02 Å². The van der Waals surface area contributed by atoms with E-state index in [1.165, 1.54) is 4.90 Å². The fourth-order valence-electron chi connectivity index (χ4n) is 4.69. The highest BCUT2D eigenvalue weighted by atomic mass is 35.5. The van der Waals surface area contributed by atoms with Crippen molar-refractivity contribution in [2.45, 2.75) is 52.9 Å². The number of carbonyl (C=O) groups excluding carboxylic acids is 1. The fourth-order valence-corrected chi connectivity index (χ4v) is 4.91.